The molecular formula is C21H33N7O5S2. The van der Waals surface area contributed by atoms with E-state index in [1.807, 2.05) is 6.07 Å². The van der Waals surface area contributed by atoms with Crippen LogP contribution in [0, 0.1) is 0 Å². The average molecular weight is 528 g/mol. The van der Waals surface area contributed by atoms with Crippen molar-refractivity contribution in [1.82, 2.24) is 16.0 Å². The van der Waals surface area contributed by atoms with Crippen LogP contribution in [0.15, 0.2) is 35.3 Å². The standard InChI is InChI=1S/C21H33N7O5S2/c22-13(7-4-8-25-21(23)24)17(29)26-14(9-12-5-2-1-3-6-12)18(30)27-15(10-34)19(31)28-16(11-35)20(32)33/h1-3,5-6,13-16,34-35H,4,7-11,22H2,(H,26,29)(H,27,30)(H,28,31)(H,32,33)(H4,23,24,25). The Labute approximate surface area is 214 Å². The molecule has 4 unspecified atom stereocenters. The highest BCUT2D eigenvalue weighted by Gasteiger charge is 2.29. The number of hydrogen-bond acceptors (Lipinski definition) is 8. The summed E-state index contributed by atoms with van der Waals surface area (Å²) in [4.78, 5) is 53.2. The summed E-state index contributed by atoms with van der Waals surface area (Å²) >= 11 is 7.99. The monoisotopic (exact) mass is 527 g/mol. The molecule has 12 nitrogen and oxygen atoms in total. The number of aliphatic imine (C=N–C) groups is 1. The van der Waals surface area contributed by atoms with Gasteiger partial charge in [0.1, 0.15) is 18.1 Å². The lowest BCUT2D eigenvalue weighted by atomic mass is 10.0. The topological polar surface area (TPSA) is 215 Å². The van der Waals surface area contributed by atoms with Crippen molar-refractivity contribution in [1.29, 1.82) is 0 Å². The summed E-state index contributed by atoms with van der Waals surface area (Å²) in [6.07, 6.45) is 0.874. The van der Waals surface area contributed by atoms with Gasteiger partial charge in [-0.2, -0.15) is 25.3 Å². The highest BCUT2D eigenvalue weighted by Crippen LogP contribution is 2.06. The molecule has 0 saturated heterocycles. The Hall–Kier alpha value is -2.97. The van der Waals surface area contributed by atoms with E-state index in [0.29, 0.717) is 13.0 Å². The van der Waals surface area contributed by atoms with Crippen LogP contribution in [0.1, 0.15) is 18.4 Å². The number of carboxylic acid groups (broad SMARTS) is 1. The summed E-state index contributed by atoms with van der Waals surface area (Å²) in [7, 11) is 0. The van der Waals surface area contributed by atoms with Crippen LogP contribution >= 0.6 is 25.3 Å². The fraction of sp³-hybridized carbons (Fsp3) is 0.476. The second-order valence-electron chi connectivity index (χ2n) is 7.63. The van der Waals surface area contributed by atoms with E-state index in [1.165, 1.54) is 0 Å². The van der Waals surface area contributed by atoms with Gasteiger partial charge in [-0.25, -0.2) is 4.79 Å². The summed E-state index contributed by atoms with van der Waals surface area (Å²) in [5, 5.41) is 16.6. The van der Waals surface area contributed by atoms with E-state index < -0.39 is 47.9 Å². The first-order valence-corrected chi connectivity index (χ1v) is 12.1. The summed E-state index contributed by atoms with van der Waals surface area (Å²) in [5.41, 5.74) is 17.3. The molecule has 1 rings (SSSR count). The second-order valence-corrected chi connectivity index (χ2v) is 8.36. The van der Waals surface area contributed by atoms with E-state index in [1.54, 1.807) is 24.3 Å². The summed E-state index contributed by atoms with van der Waals surface area (Å²) in [5.74, 6) is -3.51. The van der Waals surface area contributed by atoms with Crippen molar-refractivity contribution in [2.75, 3.05) is 18.1 Å². The smallest absolute Gasteiger partial charge is 0.327 e. The number of carbonyl (C=O) groups excluding carboxylic acids is 3. The molecule has 0 aliphatic heterocycles. The molecule has 0 bridgehead atoms. The number of thiol groups is 2. The van der Waals surface area contributed by atoms with E-state index in [2.05, 4.69) is 46.2 Å². The zero-order chi connectivity index (χ0) is 26.4. The minimum absolute atomic E-state index is 0.0607. The zero-order valence-electron chi connectivity index (χ0n) is 19.1. The Morgan fingerprint density at radius 3 is 1.97 bits per heavy atom. The molecule has 1 aromatic carbocycles. The molecule has 0 aliphatic carbocycles. The van der Waals surface area contributed by atoms with Gasteiger partial charge in [0.05, 0.1) is 6.04 Å². The quantitative estimate of drug-likeness (QED) is 0.0537. The number of nitrogens with two attached hydrogens (primary N) is 3. The number of rotatable bonds is 15. The highest BCUT2D eigenvalue weighted by molar-refractivity contribution is 7.80. The van der Waals surface area contributed by atoms with Gasteiger partial charge in [-0.15, -0.1) is 0 Å². The largest absolute Gasteiger partial charge is 0.480 e. The molecule has 0 aliphatic rings. The molecule has 10 N–H and O–H groups in total. The van der Waals surface area contributed by atoms with E-state index in [4.69, 9.17) is 22.3 Å². The predicted octanol–water partition coefficient (Wildman–Crippen LogP) is -1.99. The van der Waals surface area contributed by atoms with Crippen LogP contribution in [-0.2, 0) is 25.6 Å². The maximum absolute atomic E-state index is 13.0. The minimum atomic E-state index is -1.26. The van der Waals surface area contributed by atoms with Gasteiger partial charge < -0.3 is 38.3 Å². The fourth-order valence-electron chi connectivity index (χ4n) is 2.91. The maximum atomic E-state index is 13.0. The fourth-order valence-corrected chi connectivity index (χ4v) is 3.42. The van der Waals surface area contributed by atoms with Gasteiger partial charge in [0.25, 0.3) is 0 Å². The van der Waals surface area contributed by atoms with E-state index >= 15 is 0 Å². The van der Waals surface area contributed by atoms with E-state index in [-0.39, 0.29) is 30.3 Å². The van der Waals surface area contributed by atoms with Crippen LogP contribution in [0.5, 0.6) is 0 Å². The number of carbonyl (C=O) groups is 4. The van der Waals surface area contributed by atoms with Crippen molar-refractivity contribution >= 4 is 54.9 Å². The lowest BCUT2D eigenvalue weighted by Gasteiger charge is -2.24. The molecule has 0 fully saturated rings. The number of aliphatic carboxylic acids is 1. The molecular weight excluding hydrogens is 494 g/mol. The normalized spacial score (nSPS) is 14.0. The molecule has 1 aromatic rings. The molecule has 3 amide bonds. The van der Waals surface area contributed by atoms with Crippen molar-refractivity contribution in [2.45, 2.75) is 43.4 Å². The first-order valence-electron chi connectivity index (χ1n) is 10.8. The number of benzene rings is 1. The minimum Gasteiger partial charge on any atom is -0.480 e. The molecule has 4 atom stereocenters. The molecule has 0 saturated carbocycles. The van der Waals surface area contributed by atoms with Gasteiger partial charge in [0.2, 0.25) is 17.7 Å². The number of amides is 3. The molecule has 0 heterocycles. The maximum Gasteiger partial charge on any atom is 0.327 e. The molecule has 14 heteroatoms. The van der Waals surface area contributed by atoms with E-state index in [9.17, 15) is 19.2 Å². The Bertz CT molecular complexity index is 884. The van der Waals surface area contributed by atoms with Gasteiger partial charge in [-0.1, -0.05) is 30.3 Å². The Morgan fingerprint density at radius 1 is 0.886 bits per heavy atom. The number of guanidine groups is 1. The Balaban J connectivity index is 2.90. The van der Waals surface area contributed by atoms with Gasteiger partial charge in [0, 0.05) is 24.5 Å². The van der Waals surface area contributed by atoms with Crippen molar-refractivity contribution in [3.63, 3.8) is 0 Å². The van der Waals surface area contributed by atoms with E-state index in [0.717, 1.165) is 5.56 Å². The van der Waals surface area contributed by atoms with Crippen LogP contribution in [0.3, 0.4) is 0 Å². The Morgan fingerprint density at radius 2 is 1.43 bits per heavy atom. The molecule has 0 radical (unpaired) electrons. The van der Waals surface area contributed by atoms with Crippen LogP contribution < -0.4 is 33.2 Å². The average Bonchev–Trinajstić information content (AvgIpc) is 2.82. The van der Waals surface area contributed by atoms with Crippen LogP contribution in [-0.4, -0.2) is 77.0 Å². The first-order chi connectivity index (χ1) is 16.6. The third-order valence-electron chi connectivity index (χ3n) is 4.83. The highest BCUT2D eigenvalue weighted by atomic mass is 32.1. The first kappa shape index (κ1) is 30.1. The summed E-state index contributed by atoms with van der Waals surface area (Å²) < 4.78 is 0. The summed E-state index contributed by atoms with van der Waals surface area (Å²) in [6, 6.07) is 4.62. The van der Waals surface area contributed by atoms with Crippen molar-refractivity contribution in [3.05, 3.63) is 35.9 Å². The number of hydrogen-bond donors (Lipinski definition) is 9. The van der Waals surface area contributed by atoms with Gasteiger partial charge in [-0.05, 0) is 18.4 Å². The molecule has 0 spiro atoms. The van der Waals surface area contributed by atoms with Crippen molar-refractivity contribution < 1.29 is 24.3 Å². The van der Waals surface area contributed by atoms with Crippen LogP contribution in [0.4, 0.5) is 0 Å². The number of nitrogens with one attached hydrogen (secondary N) is 3. The predicted molar refractivity (Wildman–Crippen MR) is 139 cm³/mol. The van der Waals surface area contributed by atoms with Crippen molar-refractivity contribution in [2.24, 2.45) is 22.2 Å². The third kappa shape index (κ3) is 11.3. The second kappa shape index (κ2) is 15.8. The van der Waals surface area contributed by atoms with Gasteiger partial charge in [0.15, 0.2) is 5.96 Å². The summed E-state index contributed by atoms with van der Waals surface area (Å²) in [6.45, 7) is 0.305. The lowest BCUT2D eigenvalue weighted by molar-refractivity contribution is -0.141. The van der Waals surface area contributed by atoms with Crippen LogP contribution in [0.25, 0.3) is 0 Å². The van der Waals surface area contributed by atoms with Gasteiger partial charge >= 0.3 is 5.97 Å². The third-order valence-corrected chi connectivity index (χ3v) is 5.56. The number of nitrogens with zero attached hydrogens (tertiary/aromatic N) is 1. The van der Waals surface area contributed by atoms with Gasteiger partial charge in [-0.3, -0.25) is 19.4 Å². The molecule has 0 aromatic heterocycles. The Kier molecular flexibility index (Phi) is 13.6. The molecule has 35 heavy (non-hydrogen) atoms. The van der Waals surface area contributed by atoms with Crippen molar-refractivity contribution in [3.8, 4) is 0 Å². The number of carboxylic acids is 1. The molecule has 194 valence electrons. The SMILES string of the molecule is NC(N)=NCCCC(N)C(=O)NC(Cc1ccccc1)C(=O)NC(CS)C(=O)NC(CS)C(=O)O. The lowest BCUT2D eigenvalue weighted by Crippen LogP contribution is -2.58. The van der Waals surface area contributed by atoms with Crippen LogP contribution in [0.2, 0.25) is 0 Å². The zero-order valence-corrected chi connectivity index (χ0v) is 20.9.